The Balaban J connectivity index is 1.35. The summed E-state index contributed by atoms with van der Waals surface area (Å²) in [6.07, 6.45) is 1.34. The van der Waals surface area contributed by atoms with Crippen molar-refractivity contribution < 1.29 is 19.0 Å². The number of esters is 1. The number of rotatable bonds is 5. The van der Waals surface area contributed by atoms with E-state index in [1.807, 2.05) is 54.6 Å². The van der Waals surface area contributed by atoms with Crippen molar-refractivity contribution in [1.82, 2.24) is 4.98 Å². The van der Waals surface area contributed by atoms with Crippen molar-refractivity contribution >= 4 is 17.7 Å². The van der Waals surface area contributed by atoms with E-state index in [0.29, 0.717) is 11.5 Å². The van der Waals surface area contributed by atoms with E-state index in [0.717, 1.165) is 16.4 Å². The molecule has 136 valence electrons. The van der Waals surface area contributed by atoms with Crippen LogP contribution in [0.1, 0.15) is 10.5 Å². The first-order valence-corrected chi connectivity index (χ1v) is 9.51. The zero-order valence-electron chi connectivity index (χ0n) is 14.4. The molecular weight excluding hydrogens is 362 g/mol. The van der Waals surface area contributed by atoms with E-state index >= 15 is 0 Å². The molecule has 0 aliphatic carbocycles. The molecule has 0 N–H and O–H groups in total. The zero-order valence-corrected chi connectivity index (χ0v) is 15.2. The van der Waals surface area contributed by atoms with Crippen LogP contribution in [-0.4, -0.2) is 29.4 Å². The van der Waals surface area contributed by atoms with Crippen molar-refractivity contribution in [1.29, 1.82) is 0 Å². The van der Waals surface area contributed by atoms with Gasteiger partial charge in [-0.3, -0.25) is 0 Å². The van der Waals surface area contributed by atoms with Gasteiger partial charge in [0.05, 0.1) is 0 Å². The lowest BCUT2D eigenvalue weighted by Gasteiger charge is -2.25. The lowest BCUT2D eigenvalue weighted by Crippen LogP contribution is -2.29. The largest absolute Gasteiger partial charge is 0.485 e. The number of carbonyl (C=O) groups excluding carboxylic acids is 1. The second kappa shape index (κ2) is 8.14. The number of hydrogen-bond donors (Lipinski definition) is 0. The maximum atomic E-state index is 12.3. The number of thioether (sulfide) groups is 1. The molecule has 2 aromatic carbocycles. The Kier molecular flexibility index (Phi) is 5.25. The van der Waals surface area contributed by atoms with Gasteiger partial charge in [-0.25, -0.2) is 9.78 Å². The Labute approximate surface area is 161 Å². The third kappa shape index (κ3) is 4.41. The number of nitrogens with zero attached hydrogens (tertiary/aromatic N) is 1. The predicted molar refractivity (Wildman–Crippen MR) is 103 cm³/mol. The topological polar surface area (TPSA) is 57.7 Å². The van der Waals surface area contributed by atoms with Crippen molar-refractivity contribution in [2.45, 2.75) is 11.0 Å². The third-order valence-corrected chi connectivity index (χ3v) is 5.07. The number of carbonyl (C=O) groups is 1. The Morgan fingerprint density at radius 3 is 2.78 bits per heavy atom. The molecule has 0 bridgehead atoms. The molecular formula is C21H17NO4S. The summed E-state index contributed by atoms with van der Waals surface area (Å²) in [5, 5.41) is 0. The number of hydrogen-bond acceptors (Lipinski definition) is 6. The van der Waals surface area contributed by atoms with Crippen LogP contribution in [0.4, 0.5) is 0 Å². The summed E-state index contributed by atoms with van der Waals surface area (Å²) in [4.78, 5) is 17.5. The van der Waals surface area contributed by atoms with Gasteiger partial charge < -0.3 is 14.2 Å². The van der Waals surface area contributed by atoms with Crippen molar-refractivity contribution in [2.75, 3.05) is 12.4 Å². The molecule has 0 saturated carbocycles. The van der Waals surface area contributed by atoms with Gasteiger partial charge in [0.1, 0.15) is 30.0 Å². The van der Waals surface area contributed by atoms with Crippen LogP contribution in [0, 0.1) is 0 Å². The summed E-state index contributed by atoms with van der Waals surface area (Å²) < 4.78 is 17.0. The highest BCUT2D eigenvalue weighted by Crippen LogP contribution is 2.35. The molecule has 1 aromatic heterocycles. The number of fused-ring (bicyclic) bond motifs is 1. The van der Waals surface area contributed by atoms with Gasteiger partial charge in [-0.2, -0.15) is 0 Å². The minimum Gasteiger partial charge on any atom is -0.485 e. The van der Waals surface area contributed by atoms with E-state index in [2.05, 4.69) is 4.98 Å². The monoisotopic (exact) mass is 379 g/mol. The minimum absolute atomic E-state index is 0.172. The molecule has 1 aliphatic heterocycles. The van der Waals surface area contributed by atoms with Crippen LogP contribution in [0.15, 0.2) is 77.8 Å². The lowest BCUT2D eigenvalue weighted by molar-refractivity contribution is 0.0332. The quantitative estimate of drug-likeness (QED) is 0.605. The molecule has 1 aliphatic rings. The fourth-order valence-corrected chi connectivity index (χ4v) is 3.56. The average Bonchev–Trinajstić information content (AvgIpc) is 2.73. The fraction of sp³-hybridized carbons (Fsp3) is 0.143. The highest BCUT2D eigenvalue weighted by molar-refractivity contribution is 7.99. The molecule has 6 heteroatoms. The highest BCUT2D eigenvalue weighted by atomic mass is 32.2. The summed E-state index contributed by atoms with van der Waals surface area (Å²) in [5.41, 5.74) is 0.201. The number of para-hydroxylation sites is 2. The SMILES string of the molecule is O=C(OCC1CSc2ccccc2O1)c1cc(Oc2ccccc2)ccn1. The van der Waals surface area contributed by atoms with Gasteiger partial charge in [-0.15, -0.1) is 11.8 Å². The van der Waals surface area contributed by atoms with Gasteiger partial charge in [0.15, 0.2) is 5.69 Å². The van der Waals surface area contributed by atoms with E-state index < -0.39 is 5.97 Å². The number of benzene rings is 2. The first-order valence-electron chi connectivity index (χ1n) is 8.52. The molecule has 4 rings (SSSR count). The smallest absolute Gasteiger partial charge is 0.357 e. The van der Waals surface area contributed by atoms with Gasteiger partial charge in [0.2, 0.25) is 0 Å². The minimum atomic E-state index is -0.499. The van der Waals surface area contributed by atoms with Crippen molar-refractivity contribution in [2.24, 2.45) is 0 Å². The van der Waals surface area contributed by atoms with Gasteiger partial charge in [0.25, 0.3) is 0 Å². The second-order valence-corrected chi connectivity index (χ2v) is 6.95. The Bertz CT molecular complexity index is 932. The van der Waals surface area contributed by atoms with Gasteiger partial charge in [0, 0.05) is 22.9 Å². The van der Waals surface area contributed by atoms with Gasteiger partial charge in [-0.05, 0) is 30.3 Å². The van der Waals surface area contributed by atoms with Crippen LogP contribution in [0.3, 0.4) is 0 Å². The molecule has 2 heterocycles. The summed E-state index contributed by atoms with van der Waals surface area (Å²) in [5.74, 6) is 2.28. The molecule has 5 nitrogen and oxygen atoms in total. The Hall–Kier alpha value is -2.99. The van der Waals surface area contributed by atoms with Crippen molar-refractivity contribution in [3.8, 4) is 17.2 Å². The predicted octanol–water partition coefficient (Wildman–Crippen LogP) is 4.58. The van der Waals surface area contributed by atoms with E-state index in [4.69, 9.17) is 14.2 Å². The summed E-state index contributed by atoms with van der Waals surface area (Å²) >= 11 is 1.70. The van der Waals surface area contributed by atoms with Gasteiger partial charge >= 0.3 is 5.97 Å². The van der Waals surface area contributed by atoms with E-state index in [9.17, 15) is 4.79 Å². The van der Waals surface area contributed by atoms with Gasteiger partial charge in [-0.1, -0.05) is 30.3 Å². The van der Waals surface area contributed by atoms with E-state index in [-0.39, 0.29) is 18.4 Å². The number of pyridine rings is 1. The second-order valence-electron chi connectivity index (χ2n) is 5.89. The van der Waals surface area contributed by atoms with Crippen LogP contribution in [0.2, 0.25) is 0 Å². The molecule has 0 radical (unpaired) electrons. The molecule has 0 amide bonds. The Morgan fingerprint density at radius 1 is 1.07 bits per heavy atom. The normalized spacial score (nSPS) is 15.3. The lowest BCUT2D eigenvalue weighted by atomic mass is 10.3. The van der Waals surface area contributed by atoms with Crippen LogP contribution in [0.25, 0.3) is 0 Å². The Morgan fingerprint density at radius 2 is 1.89 bits per heavy atom. The average molecular weight is 379 g/mol. The molecule has 0 saturated heterocycles. The van der Waals surface area contributed by atoms with E-state index in [1.165, 1.54) is 6.20 Å². The fourth-order valence-electron chi connectivity index (χ4n) is 2.60. The highest BCUT2D eigenvalue weighted by Gasteiger charge is 2.22. The maximum Gasteiger partial charge on any atom is 0.357 e. The molecule has 0 spiro atoms. The van der Waals surface area contributed by atoms with Crippen molar-refractivity contribution in [3.05, 3.63) is 78.6 Å². The summed E-state index contributed by atoms with van der Waals surface area (Å²) in [6, 6.07) is 20.5. The molecule has 27 heavy (non-hydrogen) atoms. The van der Waals surface area contributed by atoms with Crippen LogP contribution >= 0.6 is 11.8 Å². The maximum absolute atomic E-state index is 12.3. The zero-order chi connectivity index (χ0) is 18.5. The first kappa shape index (κ1) is 17.4. The van der Waals surface area contributed by atoms with Crippen molar-refractivity contribution in [3.63, 3.8) is 0 Å². The molecule has 1 unspecified atom stereocenters. The molecule has 3 aromatic rings. The van der Waals surface area contributed by atoms with Crippen LogP contribution < -0.4 is 9.47 Å². The van der Waals surface area contributed by atoms with Crippen LogP contribution in [0.5, 0.6) is 17.2 Å². The number of aromatic nitrogens is 1. The summed E-state index contributed by atoms with van der Waals surface area (Å²) in [7, 11) is 0. The summed E-state index contributed by atoms with van der Waals surface area (Å²) in [6.45, 7) is 0.172. The van der Waals surface area contributed by atoms with E-state index in [1.54, 1.807) is 23.9 Å². The first-order chi connectivity index (χ1) is 13.3. The third-order valence-electron chi connectivity index (χ3n) is 3.89. The van der Waals surface area contributed by atoms with Crippen LogP contribution in [-0.2, 0) is 4.74 Å². The molecule has 1 atom stereocenters. The molecule has 0 fully saturated rings. The standard InChI is InChI=1S/C21H17NO4S/c23-21(24-13-17-14-27-20-9-5-4-8-19(20)26-17)18-12-16(10-11-22-18)25-15-6-2-1-3-7-15/h1-12,17H,13-14H2. The number of ether oxygens (including phenoxy) is 3.